The first-order valence-electron chi connectivity index (χ1n) is 19.4. The van der Waals surface area contributed by atoms with Gasteiger partial charge in [0.05, 0.1) is 5.41 Å². The van der Waals surface area contributed by atoms with Gasteiger partial charge in [-0.25, -0.2) is 0 Å². The number of fused-ring (bicyclic) bond motifs is 7. The zero-order valence-corrected chi connectivity index (χ0v) is 30.5. The van der Waals surface area contributed by atoms with Gasteiger partial charge in [-0.3, -0.25) is 0 Å². The molecule has 10 aromatic carbocycles. The Morgan fingerprint density at radius 2 is 0.893 bits per heavy atom. The molecular weight excluding hydrogens is 677 g/mol. The number of rotatable bonds is 4. The molecule has 0 radical (unpaired) electrons. The molecule has 12 rings (SSSR count). The summed E-state index contributed by atoms with van der Waals surface area (Å²) in [6.45, 7) is 0. The number of hydrogen-bond donors (Lipinski definition) is 0. The topological polar surface area (TPSA) is 9.23 Å². The summed E-state index contributed by atoms with van der Waals surface area (Å²) in [5.74, 6) is 1.81. The lowest BCUT2D eigenvalue weighted by Crippen LogP contribution is -2.28. The van der Waals surface area contributed by atoms with Gasteiger partial charge in [0, 0.05) is 10.9 Å². The molecule has 1 aliphatic carbocycles. The predicted molar refractivity (Wildman–Crippen MR) is 233 cm³/mol. The van der Waals surface area contributed by atoms with E-state index in [4.69, 9.17) is 4.74 Å². The van der Waals surface area contributed by atoms with Crippen molar-refractivity contribution in [2.45, 2.75) is 5.41 Å². The lowest BCUT2D eigenvalue weighted by molar-refractivity contribution is 0.487. The second kappa shape index (κ2) is 11.9. The highest BCUT2D eigenvalue weighted by Crippen LogP contribution is 2.58. The summed E-state index contributed by atoms with van der Waals surface area (Å²) in [4.78, 5) is 0. The average Bonchev–Trinajstić information content (AvgIpc) is 3.55. The molecule has 1 nitrogen and oxygen atoms in total. The van der Waals surface area contributed by atoms with Gasteiger partial charge in [0.25, 0.3) is 0 Å². The minimum Gasteiger partial charge on any atom is -0.456 e. The van der Waals surface area contributed by atoms with Crippen LogP contribution in [-0.4, -0.2) is 0 Å². The van der Waals surface area contributed by atoms with Crippen molar-refractivity contribution >= 4 is 32.3 Å². The molecule has 0 saturated carbocycles. The quantitative estimate of drug-likeness (QED) is 0.177. The summed E-state index contributed by atoms with van der Waals surface area (Å²) < 4.78 is 6.51. The van der Waals surface area contributed by atoms with Crippen molar-refractivity contribution in [3.05, 3.63) is 229 Å². The smallest absolute Gasteiger partial charge is 0.135 e. The van der Waals surface area contributed by atoms with Crippen molar-refractivity contribution in [2.75, 3.05) is 0 Å². The third kappa shape index (κ3) is 4.37. The van der Waals surface area contributed by atoms with Crippen LogP contribution < -0.4 is 4.74 Å². The highest BCUT2D eigenvalue weighted by atomic mass is 16.5. The molecule has 0 fully saturated rings. The Labute approximate surface area is 325 Å². The van der Waals surface area contributed by atoms with Crippen LogP contribution >= 0.6 is 0 Å². The van der Waals surface area contributed by atoms with E-state index in [1.165, 1.54) is 93.5 Å². The summed E-state index contributed by atoms with van der Waals surface area (Å²) in [6.07, 6.45) is 0. The Hall–Kier alpha value is -7.22. The Balaban J connectivity index is 1.12. The van der Waals surface area contributed by atoms with E-state index in [-0.39, 0.29) is 0 Å². The fourth-order valence-corrected chi connectivity index (χ4v) is 9.88. The lowest BCUT2D eigenvalue weighted by atomic mass is 9.67. The van der Waals surface area contributed by atoms with E-state index < -0.39 is 5.41 Å². The van der Waals surface area contributed by atoms with Gasteiger partial charge in [0.1, 0.15) is 11.5 Å². The number of hydrogen-bond acceptors (Lipinski definition) is 1. The molecule has 2 aliphatic rings. The predicted octanol–water partition coefficient (Wildman–Crippen LogP) is 14.6. The van der Waals surface area contributed by atoms with E-state index in [0.29, 0.717) is 0 Å². The van der Waals surface area contributed by atoms with Gasteiger partial charge in [0.2, 0.25) is 0 Å². The molecule has 0 unspecified atom stereocenters. The Morgan fingerprint density at radius 1 is 0.304 bits per heavy atom. The molecule has 0 bridgehead atoms. The Kier molecular flexibility index (Phi) is 6.62. The van der Waals surface area contributed by atoms with Crippen LogP contribution in [0.3, 0.4) is 0 Å². The molecule has 0 aromatic heterocycles. The molecular formula is C55H34O. The minimum atomic E-state index is -0.533. The van der Waals surface area contributed by atoms with E-state index in [0.717, 1.165) is 17.1 Å². The van der Waals surface area contributed by atoms with Crippen LogP contribution in [0, 0.1) is 0 Å². The van der Waals surface area contributed by atoms with Gasteiger partial charge in [-0.2, -0.15) is 0 Å². The molecule has 1 aliphatic heterocycles. The standard InChI is InChI=1S/C55H34O/c1-3-18-40(19-4-1)55(41-20-5-2-6-21-41)50-32-38(37-28-30-52-49(31-37)46-25-10-15-36-16-12-26-53(56-52)54(36)46)27-29-45(50)48-34-47-39(33-51(48)55)17-11-24-44(47)43-23-9-14-35-13-7-8-22-42(35)43/h1-34H. The highest BCUT2D eigenvalue weighted by molar-refractivity contribution is 6.08. The van der Waals surface area contributed by atoms with Gasteiger partial charge >= 0.3 is 0 Å². The van der Waals surface area contributed by atoms with E-state index in [1.807, 2.05) is 0 Å². The van der Waals surface area contributed by atoms with Crippen LogP contribution in [-0.2, 0) is 5.41 Å². The monoisotopic (exact) mass is 710 g/mol. The molecule has 0 spiro atoms. The first kappa shape index (κ1) is 31.2. The van der Waals surface area contributed by atoms with E-state index in [1.54, 1.807) is 0 Å². The molecule has 10 aromatic rings. The molecule has 260 valence electrons. The fraction of sp³-hybridized carbons (Fsp3) is 0.0182. The first-order chi connectivity index (χ1) is 27.8. The van der Waals surface area contributed by atoms with Crippen LogP contribution in [0.25, 0.3) is 76.8 Å². The summed E-state index contributed by atoms with van der Waals surface area (Å²) >= 11 is 0. The Morgan fingerprint density at radius 3 is 1.68 bits per heavy atom. The average molecular weight is 711 g/mol. The fourth-order valence-electron chi connectivity index (χ4n) is 9.88. The molecule has 56 heavy (non-hydrogen) atoms. The van der Waals surface area contributed by atoms with Crippen molar-refractivity contribution < 1.29 is 4.74 Å². The van der Waals surface area contributed by atoms with Gasteiger partial charge < -0.3 is 4.74 Å². The molecule has 0 saturated heterocycles. The van der Waals surface area contributed by atoms with E-state index in [2.05, 4.69) is 206 Å². The summed E-state index contributed by atoms with van der Waals surface area (Å²) in [5.41, 5.74) is 14.3. The second-order valence-corrected chi connectivity index (χ2v) is 15.2. The first-order valence-corrected chi connectivity index (χ1v) is 19.4. The van der Waals surface area contributed by atoms with Crippen molar-refractivity contribution in [1.29, 1.82) is 0 Å². The van der Waals surface area contributed by atoms with Gasteiger partial charge in [-0.05, 0) is 125 Å². The molecule has 0 N–H and O–H groups in total. The SMILES string of the molecule is c1ccc(C2(c3ccccc3)c3cc(-c4ccc5c(c4)-c4cccc6cccc(c46)O5)ccc3-c3cc4c(-c5cccc6ccccc56)cccc4cc32)cc1. The maximum absolute atomic E-state index is 6.51. The van der Waals surface area contributed by atoms with Gasteiger partial charge in [-0.15, -0.1) is 0 Å². The van der Waals surface area contributed by atoms with Crippen molar-refractivity contribution in [2.24, 2.45) is 0 Å². The third-order valence-electron chi connectivity index (χ3n) is 12.3. The van der Waals surface area contributed by atoms with Crippen molar-refractivity contribution in [1.82, 2.24) is 0 Å². The summed E-state index contributed by atoms with van der Waals surface area (Å²) in [7, 11) is 0. The Bertz CT molecular complexity index is 3160. The highest BCUT2D eigenvalue weighted by Gasteiger charge is 2.46. The van der Waals surface area contributed by atoms with Crippen molar-refractivity contribution in [3.63, 3.8) is 0 Å². The number of ether oxygens (including phenoxy) is 1. The largest absolute Gasteiger partial charge is 0.456 e. The van der Waals surface area contributed by atoms with E-state index >= 15 is 0 Å². The molecule has 0 atom stereocenters. The maximum atomic E-state index is 6.51. The zero-order valence-electron chi connectivity index (χ0n) is 30.5. The van der Waals surface area contributed by atoms with Crippen molar-refractivity contribution in [3.8, 4) is 56.0 Å². The summed E-state index contributed by atoms with van der Waals surface area (Å²) in [5, 5.41) is 7.39. The van der Waals surface area contributed by atoms with Gasteiger partial charge in [-0.1, -0.05) is 170 Å². The zero-order chi connectivity index (χ0) is 36.8. The number of benzene rings is 10. The van der Waals surface area contributed by atoms with Crippen LogP contribution in [0.2, 0.25) is 0 Å². The normalized spacial score (nSPS) is 13.3. The van der Waals surface area contributed by atoms with Crippen LogP contribution in [0.15, 0.2) is 206 Å². The van der Waals surface area contributed by atoms with E-state index in [9.17, 15) is 0 Å². The van der Waals surface area contributed by atoms with Crippen LogP contribution in [0.5, 0.6) is 11.5 Å². The molecule has 1 heteroatoms. The second-order valence-electron chi connectivity index (χ2n) is 15.2. The van der Waals surface area contributed by atoms with Crippen LogP contribution in [0.1, 0.15) is 22.3 Å². The van der Waals surface area contributed by atoms with Gasteiger partial charge in [0.15, 0.2) is 0 Å². The maximum Gasteiger partial charge on any atom is 0.135 e. The molecule has 1 heterocycles. The molecule has 0 amide bonds. The third-order valence-corrected chi connectivity index (χ3v) is 12.3. The summed E-state index contributed by atoms with van der Waals surface area (Å²) in [6, 6.07) is 76.0. The minimum absolute atomic E-state index is 0.533. The van der Waals surface area contributed by atoms with Crippen LogP contribution in [0.4, 0.5) is 0 Å². The lowest BCUT2D eigenvalue weighted by Gasteiger charge is -2.34.